The lowest BCUT2D eigenvalue weighted by Gasteiger charge is -2.43. The van der Waals surface area contributed by atoms with Crippen LogP contribution in [-0.2, 0) is 21.2 Å². The Morgan fingerprint density at radius 2 is 0.786 bits per heavy atom. The molecule has 0 aromatic carbocycles. The standard InChI is InChI=1S/C18H48O5Si5/c1-19-27(12,20-2)17-15-13-14-16-18-28(21-24(3,4)5,22-25(6,7)8)23-26(9,10)11/h13-18H2,1-12H3. The van der Waals surface area contributed by atoms with Crippen LogP contribution in [0.2, 0.25) is 77.6 Å². The first kappa shape index (κ1) is 28.9. The summed E-state index contributed by atoms with van der Waals surface area (Å²) in [4.78, 5) is 0. The molecule has 0 unspecified atom stereocenters. The second kappa shape index (κ2) is 11.5. The fourth-order valence-corrected chi connectivity index (χ4v) is 19.2. The van der Waals surface area contributed by atoms with E-state index in [4.69, 9.17) is 21.2 Å². The van der Waals surface area contributed by atoms with E-state index >= 15 is 0 Å². The molecule has 0 saturated heterocycles. The monoisotopic (exact) mass is 484 g/mol. The lowest BCUT2D eigenvalue weighted by molar-refractivity contribution is 0.246. The fourth-order valence-electron chi connectivity index (χ4n) is 3.04. The molecule has 5 nitrogen and oxygen atoms in total. The Morgan fingerprint density at radius 3 is 1.07 bits per heavy atom. The van der Waals surface area contributed by atoms with E-state index in [1.54, 1.807) is 14.2 Å². The molecule has 0 spiro atoms. The van der Waals surface area contributed by atoms with Crippen LogP contribution in [0.15, 0.2) is 0 Å². The Labute approximate surface area is 180 Å². The average molecular weight is 485 g/mol. The number of rotatable bonds is 15. The normalized spacial score (nSPS) is 14.6. The molecule has 0 aliphatic carbocycles. The van der Waals surface area contributed by atoms with Gasteiger partial charge in [0.05, 0.1) is 0 Å². The third-order valence-corrected chi connectivity index (χ3v) is 19.1. The first-order valence-electron chi connectivity index (χ1n) is 10.7. The van der Waals surface area contributed by atoms with Crippen LogP contribution in [0.5, 0.6) is 0 Å². The van der Waals surface area contributed by atoms with Crippen molar-refractivity contribution in [3.8, 4) is 0 Å². The zero-order chi connectivity index (χ0) is 22.3. The summed E-state index contributed by atoms with van der Waals surface area (Å²) in [6.07, 6.45) is 4.61. The van der Waals surface area contributed by atoms with Crippen LogP contribution in [-0.4, -0.2) is 56.5 Å². The maximum Gasteiger partial charge on any atom is 0.469 e. The summed E-state index contributed by atoms with van der Waals surface area (Å²) in [5.74, 6) is 0. The smallest absolute Gasteiger partial charge is 0.417 e. The molecule has 28 heavy (non-hydrogen) atoms. The van der Waals surface area contributed by atoms with E-state index in [2.05, 4.69) is 65.5 Å². The molecular weight excluding hydrogens is 437 g/mol. The van der Waals surface area contributed by atoms with Crippen molar-refractivity contribution in [3.63, 3.8) is 0 Å². The van der Waals surface area contributed by atoms with Gasteiger partial charge in [-0.3, -0.25) is 0 Å². The van der Waals surface area contributed by atoms with Gasteiger partial charge >= 0.3 is 17.4 Å². The second-order valence-electron chi connectivity index (χ2n) is 10.8. The van der Waals surface area contributed by atoms with Crippen LogP contribution in [0.1, 0.15) is 25.7 Å². The Bertz CT molecular complexity index is 398. The fraction of sp³-hybridized carbons (Fsp3) is 1.00. The van der Waals surface area contributed by atoms with Crippen molar-refractivity contribution in [1.82, 2.24) is 0 Å². The molecule has 10 heteroatoms. The van der Waals surface area contributed by atoms with E-state index in [9.17, 15) is 0 Å². The Balaban J connectivity index is 5.01. The van der Waals surface area contributed by atoms with Gasteiger partial charge in [0.15, 0.2) is 25.0 Å². The Morgan fingerprint density at radius 1 is 0.464 bits per heavy atom. The summed E-state index contributed by atoms with van der Waals surface area (Å²) in [5, 5.41) is 0. The molecule has 0 aliphatic rings. The van der Waals surface area contributed by atoms with Crippen molar-refractivity contribution in [2.75, 3.05) is 14.2 Å². The number of unbranched alkanes of at least 4 members (excludes halogenated alkanes) is 3. The van der Waals surface area contributed by atoms with Crippen molar-refractivity contribution < 1.29 is 21.2 Å². The molecule has 0 N–H and O–H groups in total. The summed E-state index contributed by atoms with van der Waals surface area (Å²) in [7, 11) is -6.39. The van der Waals surface area contributed by atoms with Gasteiger partial charge in [-0.25, -0.2) is 0 Å². The van der Waals surface area contributed by atoms with Crippen molar-refractivity contribution in [2.45, 2.75) is 103 Å². The van der Waals surface area contributed by atoms with Gasteiger partial charge in [-0.1, -0.05) is 19.3 Å². The molecule has 0 heterocycles. The van der Waals surface area contributed by atoms with Crippen LogP contribution < -0.4 is 0 Å². The van der Waals surface area contributed by atoms with Crippen molar-refractivity contribution in [1.29, 1.82) is 0 Å². The molecule has 0 amide bonds. The van der Waals surface area contributed by atoms with Gasteiger partial charge in [0, 0.05) is 20.3 Å². The zero-order valence-corrected chi connectivity index (χ0v) is 25.8. The number of hydrogen-bond acceptors (Lipinski definition) is 5. The van der Waals surface area contributed by atoms with E-state index in [-0.39, 0.29) is 0 Å². The Kier molecular flexibility index (Phi) is 11.9. The van der Waals surface area contributed by atoms with E-state index in [1.807, 2.05) is 0 Å². The minimum atomic E-state index is -2.67. The third kappa shape index (κ3) is 14.0. The molecule has 0 fully saturated rings. The van der Waals surface area contributed by atoms with E-state index in [1.165, 1.54) is 12.8 Å². The highest BCUT2D eigenvalue weighted by molar-refractivity contribution is 6.90. The molecule has 170 valence electrons. The minimum Gasteiger partial charge on any atom is -0.417 e. The summed E-state index contributed by atoms with van der Waals surface area (Å²) >= 11 is 0. The number of hydrogen-bond donors (Lipinski definition) is 0. The average Bonchev–Trinajstić information content (AvgIpc) is 2.45. The molecule has 0 saturated carbocycles. The van der Waals surface area contributed by atoms with Gasteiger partial charge in [0.25, 0.3) is 0 Å². The lowest BCUT2D eigenvalue weighted by Crippen LogP contribution is -2.60. The van der Waals surface area contributed by atoms with Gasteiger partial charge in [0.1, 0.15) is 0 Å². The summed E-state index contributed by atoms with van der Waals surface area (Å²) in [6, 6.07) is 1.99. The maximum atomic E-state index is 6.74. The predicted octanol–water partition coefficient (Wildman–Crippen LogP) is 6.41. The van der Waals surface area contributed by atoms with Crippen LogP contribution in [0, 0.1) is 0 Å². The SMILES string of the molecule is CO[Si](C)(CCCCCC[Si](O[Si](C)(C)C)(O[Si](C)(C)C)O[Si](C)(C)C)OC. The first-order valence-corrected chi connectivity index (χ1v) is 25.3. The van der Waals surface area contributed by atoms with Gasteiger partial charge in [-0.15, -0.1) is 0 Å². The highest BCUT2D eigenvalue weighted by Gasteiger charge is 2.49. The quantitative estimate of drug-likeness (QED) is 0.199. The van der Waals surface area contributed by atoms with Crippen molar-refractivity contribution in [3.05, 3.63) is 0 Å². The van der Waals surface area contributed by atoms with Crippen molar-refractivity contribution >= 4 is 42.3 Å². The molecule has 0 rings (SSSR count). The molecule has 0 radical (unpaired) electrons. The summed E-state index contributed by atoms with van der Waals surface area (Å²) in [5.41, 5.74) is 0. The molecule has 0 aliphatic heterocycles. The Hall–Kier alpha value is 0.884. The third-order valence-electron chi connectivity index (χ3n) is 4.11. The lowest BCUT2D eigenvalue weighted by atomic mass is 10.2. The summed E-state index contributed by atoms with van der Waals surface area (Å²) < 4.78 is 31.4. The van der Waals surface area contributed by atoms with Crippen LogP contribution in [0.4, 0.5) is 0 Å². The van der Waals surface area contributed by atoms with Gasteiger partial charge < -0.3 is 21.2 Å². The van der Waals surface area contributed by atoms with Crippen molar-refractivity contribution in [2.24, 2.45) is 0 Å². The highest BCUT2D eigenvalue weighted by Crippen LogP contribution is 2.31. The van der Waals surface area contributed by atoms with Gasteiger partial charge in [0.2, 0.25) is 0 Å². The van der Waals surface area contributed by atoms with Crippen LogP contribution in [0.25, 0.3) is 0 Å². The van der Waals surface area contributed by atoms with Gasteiger partial charge in [-0.05, 0) is 77.9 Å². The molecular formula is C18H48O5Si5. The molecule has 0 aromatic heterocycles. The minimum absolute atomic E-state index is 0.940. The van der Waals surface area contributed by atoms with E-state index < -0.39 is 42.3 Å². The largest absolute Gasteiger partial charge is 0.469 e. The predicted molar refractivity (Wildman–Crippen MR) is 133 cm³/mol. The highest BCUT2D eigenvalue weighted by atomic mass is 28.5. The topological polar surface area (TPSA) is 46.2 Å². The molecule has 0 atom stereocenters. The van der Waals surface area contributed by atoms with E-state index in [0.717, 1.165) is 24.9 Å². The molecule has 0 bridgehead atoms. The summed E-state index contributed by atoms with van der Waals surface area (Å²) in [6.45, 7) is 22.4. The van der Waals surface area contributed by atoms with E-state index in [0.29, 0.717) is 0 Å². The second-order valence-corrected chi connectivity index (χ2v) is 31.4. The zero-order valence-electron chi connectivity index (χ0n) is 20.8. The molecule has 0 aromatic rings. The van der Waals surface area contributed by atoms with Gasteiger partial charge in [-0.2, -0.15) is 0 Å². The first-order chi connectivity index (χ1) is 12.4. The maximum absolute atomic E-state index is 6.74. The van der Waals surface area contributed by atoms with Crippen LogP contribution >= 0.6 is 0 Å². The van der Waals surface area contributed by atoms with Crippen LogP contribution in [0.3, 0.4) is 0 Å².